The van der Waals surface area contributed by atoms with E-state index in [1.54, 1.807) is 0 Å². The van der Waals surface area contributed by atoms with Crippen LogP contribution in [0.1, 0.15) is 25.3 Å². The Morgan fingerprint density at radius 1 is 1.38 bits per heavy atom. The molecule has 3 heterocycles. The van der Waals surface area contributed by atoms with E-state index in [2.05, 4.69) is 36.0 Å². The number of benzene rings is 1. The van der Waals surface area contributed by atoms with Gasteiger partial charge in [-0.05, 0) is 58.0 Å². The van der Waals surface area contributed by atoms with Crippen molar-refractivity contribution in [1.29, 1.82) is 0 Å². The molecular formula is C20H28N4OS. The number of carbonyl (C=O) groups excluding carboxylic acids is 1. The second-order valence-corrected chi connectivity index (χ2v) is 9.62. The third kappa shape index (κ3) is 3.26. The molecule has 140 valence electrons. The highest BCUT2D eigenvalue weighted by atomic mass is 32.2. The van der Waals surface area contributed by atoms with Gasteiger partial charge >= 0.3 is 0 Å². The van der Waals surface area contributed by atoms with Crippen molar-refractivity contribution in [2.75, 3.05) is 26.7 Å². The molecule has 2 saturated heterocycles. The van der Waals surface area contributed by atoms with Gasteiger partial charge in [0.25, 0.3) is 0 Å². The summed E-state index contributed by atoms with van der Waals surface area (Å²) >= 11 is 1.97. The molecule has 2 unspecified atom stereocenters. The number of aromatic nitrogens is 1. The molecule has 2 aliphatic rings. The third-order valence-corrected chi connectivity index (χ3v) is 7.56. The second kappa shape index (κ2) is 6.91. The molecule has 2 aromatic rings. The summed E-state index contributed by atoms with van der Waals surface area (Å²) in [5.74, 6) is 0.0890. The molecule has 6 heteroatoms. The number of hydrogen-bond acceptors (Lipinski definition) is 4. The zero-order valence-corrected chi connectivity index (χ0v) is 16.4. The van der Waals surface area contributed by atoms with E-state index in [1.165, 1.54) is 0 Å². The minimum absolute atomic E-state index is 0.0890. The van der Waals surface area contributed by atoms with Crippen LogP contribution in [0.2, 0.25) is 0 Å². The zero-order valence-electron chi connectivity index (χ0n) is 15.6. The molecule has 4 rings (SSSR count). The summed E-state index contributed by atoms with van der Waals surface area (Å²) in [6.45, 7) is 5.22. The molecule has 5 nitrogen and oxygen atoms in total. The van der Waals surface area contributed by atoms with Crippen molar-refractivity contribution in [3.8, 4) is 0 Å². The molecule has 3 N–H and O–H groups in total. The first kappa shape index (κ1) is 17.9. The number of carbonyl (C=O) groups is 1. The Bertz CT molecular complexity index is 796. The predicted octanol–water partition coefficient (Wildman–Crippen LogP) is 2.42. The van der Waals surface area contributed by atoms with Crippen LogP contribution in [0.25, 0.3) is 10.9 Å². The highest BCUT2D eigenvalue weighted by Crippen LogP contribution is 2.46. The van der Waals surface area contributed by atoms with Crippen LogP contribution in [0.3, 0.4) is 0 Å². The Labute approximate surface area is 159 Å². The number of amides is 1. The molecule has 2 aliphatic heterocycles. The lowest BCUT2D eigenvalue weighted by Crippen LogP contribution is -2.49. The molecule has 0 aliphatic carbocycles. The van der Waals surface area contributed by atoms with Gasteiger partial charge in [0.15, 0.2) is 0 Å². The standard InChI is InChI=1S/C20H28N4OS/c1-14-24(13-20(26-14)7-9-23(2)10-8-20)19(25)17(21)11-15-12-22-18-6-4-3-5-16(15)18/h3-6,12,14,17,22H,7-11,13,21H2,1-2H3. The SMILES string of the molecule is CC1SC2(CCN(C)CC2)CN1C(=O)C(N)Cc1c[nH]c2ccccc12. The predicted molar refractivity (Wildman–Crippen MR) is 108 cm³/mol. The van der Waals surface area contributed by atoms with E-state index in [4.69, 9.17) is 5.73 Å². The fourth-order valence-electron chi connectivity index (χ4n) is 4.30. The number of nitrogens with zero attached hydrogens (tertiary/aromatic N) is 2. The van der Waals surface area contributed by atoms with Crippen LogP contribution in [0, 0.1) is 0 Å². The normalized spacial score (nSPS) is 24.4. The largest absolute Gasteiger partial charge is 0.361 e. The van der Waals surface area contributed by atoms with Crippen molar-refractivity contribution in [3.63, 3.8) is 0 Å². The maximum atomic E-state index is 13.1. The van der Waals surface area contributed by atoms with Gasteiger partial charge in [-0.3, -0.25) is 4.79 Å². The highest BCUT2D eigenvalue weighted by Gasteiger charge is 2.46. The fraction of sp³-hybridized carbons (Fsp3) is 0.550. The van der Waals surface area contributed by atoms with Gasteiger partial charge in [0.1, 0.15) is 0 Å². The van der Waals surface area contributed by atoms with Gasteiger partial charge in [-0.2, -0.15) is 0 Å². The van der Waals surface area contributed by atoms with Crippen LogP contribution in [0.5, 0.6) is 0 Å². The average molecular weight is 373 g/mol. The van der Waals surface area contributed by atoms with Gasteiger partial charge in [-0.1, -0.05) is 18.2 Å². The Morgan fingerprint density at radius 2 is 2.12 bits per heavy atom. The summed E-state index contributed by atoms with van der Waals surface area (Å²) in [6, 6.07) is 7.68. The maximum absolute atomic E-state index is 13.1. The molecule has 2 atom stereocenters. The number of rotatable bonds is 3. The lowest BCUT2D eigenvalue weighted by Gasteiger charge is -2.36. The van der Waals surface area contributed by atoms with Crippen molar-refractivity contribution in [2.24, 2.45) is 5.73 Å². The molecule has 0 saturated carbocycles. The van der Waals surface area contributed by atoms with Crippen LogP contribution < -0.4 is 5.73 Å². The smallest absolute Gasteiger partial charge is 0.240 e. The van der Waals surface area contributed by atoms with Gasteiger partial charge in [-0.15, -0.1) is 11.8 Å². The van der Waals surface area contributed by atoms with E-state index >= 15 is 0 Å². The number of piperidine rings is 1. The lowest BCUT2D eigenvalue weighted by atomic mass is 9.95. The number of thioether (sulfide) groups is 1. The van der Waals surface area contributed by atoms with Gasteiger partial charge in [-0.25, -0.2) is 0 Å². The van der Waals surface area contributed by atoms with Crippen molar-refractivity contribution in [2.45, 2.75) is 42.3 Å². The zero-order chi connectivity index (χ0) is 18.3. The number of aromatic amines is 1. The topological polar surface area (TPSA) is 65.4 Å². The van der Waals surface area contributed by atoms with Crippen LogP contribution in [0.4, 0.5) is 0 Å². The molecule has 1 aromatic carbocycles. The minimum atomic E-state index is -0.487. The Hall–Kier alpha value is -1.50. The Balaban J connectivity index is 1.45. The second-order valence-electron chi connectivity index (χ2n) is 7.84. The maximum Gasteiger partial charge on any atom is 0.240 e. The highest BCUT2D eigenvalue weighted by molar-refractivity contribution is 8.01. The van der Waals surface area contributed by atoms with E-state index in [0.717, 1.165) is 48.9 Å². The van der Waals surface area contributed by atoms with E-state index < -0.39 is 6.04 Å². The van der Waals surface area contributed by atoms with E-state index in [9.17, 15) is 4.79 Å². The minimum Gasteiger partial charge on any atom is -0.361 e. The summed E-state index contributed by atoms with van der Waals surface area (Å²) in [5.41, 5.74) is 8.57. The monoisotopic (exact) mass is 372 g/mol. The van der Waals surface area contributed by atoms with E-state index in [1.807, 2.05) is 35.0 Å². The number of likely N-dealkylation sites (tertiary alicyclic amines) is 1. The first-order valence-electron chi connectivity index (χ1n) is 9.45. The van der Waals surface area contributed by atoms with Crippen LogP contribution in [-0.2, 0) is 11.2 Å². The number of para-hydroxylation sites is 1. The number of nitrogens with two attached hydrogens (primary N) is 1. The van der Waals surface area contributed by atoms with Gasteiger partial charge in [0.2, 0.25) is 5.91 Å². The van der Waals surface area contributed by atoms with Gasteiger partial charge < -0.3 is 20.5 Å². The molecule has 26 heavy (non-hydrogen) atoms. The van der Waals surface area contributed by atoms with Crippen LogP contribution in [0.15, 0.2) is 30.5 Å². The van der Waals surface area contributed by atoms with Gasteiger partial charge in [0.05, 0.1) is 11.4 Å². The Kier molecular flexibility index (Phi) is 4.75. The number of fused-ring (bicyclic) bond motifs is 1. The molecular weight excluding hydrogens is 344 g/mol. The van der Waals surface area contributed by atoms with Crippen LogP contribution >= 0.6 is 11.8 Å². The van der Waals surface area contributed by atoms with Crippen molar-refractivity contribution in [1.82, 2.24) is 14.8 Å². The first-order chi connectivity index (χ1) is 12.5. The van der Waals surface area contributed by atoms with E-state index in [-0.39, 0.29) is 16.0 Å². The summed E-state index contributed by atoms with van der Waals surface area (Å²) in [6.07, 6.45) is 4.87. The molecule has 0 radical (unpaired) electrons. The summed E-state index contributed by atoms with van der Waals surface area (Å²) < 4.78 is 0.224. The van der Waals surface area contributed by atoms with Crippen molar-refractivity contribution in [3.05, 3.63) is 36.0 Å². The van der Waals surface area contributed by atoms with Crippen molar-refractivity contribution >= 4 is 28.6 Å². The quantitative estimate of drug-likeness (QED) is 0.868. The van der Waals surface area contributed by atoms with Gasteiger partial charge in [0, 0.05) is 28.4 Å². The first-order valence-corrected chi connectivity index (χ1v) is 10.3. The van der Waals surface area contributed by atoms with Crippen molar-refractivity contribution < 1.29 is 4.79 Å². The lowest BCUT2D eigenvalue weighted by molar-refractivity contribution is -0.133. The average Bonchev–Trinajstić information content (AvgIpc) is 3.19. The molecule has 0 bridgehead atoms. The van der Waals surface area contributed by atoms with E-state index in [0.29, 0.717) is 6.42 Å². The fourth-order valence-corrected chi connectivity index (χ4v) is 5.96. The molecule has 1 spiro atoms. The molecule has 1 amide bonds. The molecule has 2 fully saturated rings. The number of hydrogen-bond donors (Lipinski definition) is 2. The summed E-state index contributed by atoms with van der Waals surface area (Å²) in [5, 5.41) is 1.37. The summed E-state index contributed by atoms with van der Waals surface area (Å²) in [7, 11) is 2.18. The van der Waals surface area contributed by atoms with Crippen LogP contribution in [-0.4, -0.2) is 63.5 Å². The Morgan fingerprint density at radius 3 is 2.88 bits per heavy atom. The molecule has 1 aromatic heterocycles. The summed E-state index contributed by atoms with van der Waals surface area (Å²) in [4.78, 5) is 20.7. The number of nitrogens with one attached hydrogen (secondary N) is 1. The third-order valence-electron chi connectivity index (χ3n) is 5.93. The number of H-pyrrole nitrogens is 1.